The highest BCUT2D eigenvalue weighted by molar-refractivity contribution is 6.17. The van der Waals surface area contributed by atoms with E-state index in [4.69, 9.17) is 21.1 Å². The Labute approximate surface area is 126 Å². The van der Waals surface area contributed by atoms with Gasteiger partial charge in [0.15, 0.2) is 0 Å². The summed E-state index contributed by atoms with van der Waals surface area (Å²) in [6, 6.07) is 8.46. The average Bonchev–Trinajstić information content (AvgIpc) is 2.93. The van der Waals surface area contributed by atoms with Gasteiger partial charge in [-0.3, -0.25) is 4.90 Å². The molecule has 0 aromatic heterocycles. The van der Waals surface area contributed by atoms with Crippen LogP contribution in [0.25, 0.3) is 0 Å². The van der Waals surface area contributed by atoms with Gasteiger partial charge < -0.3 is 9.47 Å². The number of ether oxygens (including phenoxy) is 2. The summed E-state index contributed by atoms with van der Waals surface area (Å²) in [5.74, 6) is 2.53. The lowest BCUT2D eigenvalue weighted by Crippen LogP contribution is -2.33. The van der Waals surface area contributed by atoms with Crippen LogP contribution in [0.1, 0.15) is 25.7 Å². The highest BCUT2D eigenvalue weighted by Crippen LogP contribution is 2.22. The first-order valence-electron chi connectivity index (χ1n) is 7.40. The molecule has 0 spiro atoms. The summed E-state index contributed by atoms with van der Waals surface area (Å²) >= 11 is 5.78. The number of hydrogen-bond acceptors (Lipinski definition) is 3. The van der Waals surface area contributed by atoms with Gasteiger partial charge >= 0.3 is 0 Å². The fraction of sp³-hybridized carbons (Fsp3) is 0.625. The van der Waals surface area contributed by atoms with Gasteiger partial charge in [-0.1, -0.05) is 0 Å². The first-order valence-corrected chi connectivity index (χ1v) is 7.94. The molecule has 1 unspecified atom stereocenters. The molecular formula is C16H24ClNO2. The third-order valence-electron chi connectivity index (χ3n) is 3.88. The van der Waals surface area contributed by atoms with Gasteiger partial charge in [-0.2, -0.15) is 0 Å². The summed E-state index contributed by atoms with van der Waals surface area (Å²) in [7, 11) is 1.67. The van der Waals surface area contributed by atoms with Crippen molar-refractivity contribution < 1.29 is 9.47 Å². The van der Waals surface area contributed by atoms with Gasteiger partial charge in [-0.25, -0.2) is 0 Å². The minimum Gasteiger partial charge on any atom is -0.497 e. The number of likely N-dealkylation sites (tertiary alicyclic amines) is 1. The van der Waals surface area contributed by atoms with E-state index in [1.165, 1.54) is 25.8 Å². The van der Waals surface area contributed by atoms with Crippen molar-refractivity contribution in [1.82, 2.24) is 4.90 Å². The summed E-state index contributed by atoms with van der Waals surface area (Å²) in [4.78, 5) is 2.54. The zero-order chi connectivity index (χ0) is 14.2. The van der Waals surface area contributed by atoms with E-state index in [9.17, 15) is 0 Å². The number of rotatable bonds is 8. The van der Waals surface area contributed by atoms with Gasteiger partial charge in [0.2, 0.25) is 0 Å². The molecule has 20 heavy (non-hydrogen) atoms. The Bertz CT molecular complexity index is 383. The van der Waals surface area contributed by atoms with Crippen LogP contribution in [0.2, 0.25) is 0 Å². The number of halogens is 1. The van der Waals surface area contributed by atoms with Crippen LogP contribution < -0.4 is 9.47 Å². The SMILES string of the molecule is COc1ccc(OCCN2CCCC2CCCCl)cc1. The van der Waals surface area contributed by atoms with E-state index in [1.54, 1.807) is 7.11 Å². The molecule has 0 bridgehead atoms. The van der Waals surface area contributed by atoms with Crippen molar-refractivity contribution in [2.45, 2.75) is 31.7 Å². The normalized spacial score (nSPS) is 19.2. The van der Waals surface area contributed by atoms with Crippen molar-refractivity contribution in [1.29, 1.82) is 0 Å². The van der Waals surface area contributed by atoms with E-state index in [0.717, 1.165) is 37.0 Å². The van der Waals surface area contributed by atoms with Crippen LogP contribution in [0, 0.1) is 0 Å². The number of benzene rings is 1. The first kappa shape index (κ1) is 15.5. The molecule has 1 aliphatic heterocycles. The Kier molecular flexibility index (Phi) is 6.48. The van der Waals surface area contributed by atoms with Crippen LogP contribution in [-0.4, -0.2) is 43.6 Å². The van der Waals surface area contributed by atoms with Crippen molar-refractivity contribution in [3.8, 4) is 11.5 Å². The molecule has 2 rings (SSSR count). The van der Waals surface area contributed by atoms with Gasteiger partial charge in [-0.05, 0) is 56.5 Å². The third-order valence-corrected chi connectivity index (χ3v) is 4.14. The second-order valence-electron chi connectivity index (χ2n) is 5.19. The quantitative estimate of drug-likeness (QED) is 0.685. The lowest BCUT2D eigenvalue weighted by molar-refractivity contribution is 0.190. The zero-order valence-corrected chi connectivity index (χ0v) is 12.9. The summed E-state index contributed by atoms with van der Waals surface area (Å²) in [6.45, 7) is 2.93. The van der Waals surface area contributed by atoms with Crippen LogP contribution in [0.5, 0.6) is 11.5 Å². The van der Waals surface area contributed by atoms with Gasteiger partial charge in [0.1, 0.15) is 18.1 Å². The molecular weight excluding hydrogens is 274 g/mol. The van der Waals surface area contributed by atoms with Crippen molar-refractivity contribution in [2.75, 3.05) is 32.7 Å². The van der Waals surface area contributed by atoms with E-state index < -0.39 is 0 Å². The second kappa shape index (κ2) is 8.38. The van der Waals surface area contributed by atoms with E-state index in [2.05, 4.69) is 4.90 Å². The number of nitrogens with zero attached hydrogens (tertiary/aromatic N) is 1. The van der Waals surface area contributed by atoms with Gasteiger partial charge in [-0.15, -0.1) is 11.6 Å². The molecule has 0 N–H and O–H groups in total. The standard InChI is InChI=1S/C16H24ClNO2/c1-19-15-6-8-16(9-7-15)20-13-12-18-11-3-5-14(18)4-2-10-17/h6-9,14H,2-5,10-13H2,1H3. The molecule has 1 aromatic carbocycles. The summed E-state index contributed by atoms with van der Waals surface area (Å²) < 4.78 is 10.9. The van der Waals surface area contributed by atoms with Crippen LogP contribution in [0.3, 0.4) is 0 Å². The van der Waals surface area contributed by atoms with Crippen molar-refractivity contribution in [3.63, 3.8) is 0 Å². The molecule has 0 aliphatic carbocycles. The van der Waals surface area contributed by atoms with Crippen molar-refractivity contribution in [3.05, 3.63) is 24.3 Å². The molecule has 4 heteroatoms. The Morgan fingerprint density at radius 2 is 2.00 bits per heavy atom. The lowest BCUT2D eigenvalue weighted by Gasteiger charge is -2.24. The zero-order valence-electron chi connectivity index (χ0n) is 12.2. The van der Waals surface area contributed by atoms with Gasteiger partial charge in [0.25, 0.3) is 0 Å². The maximum atomic E-state index is 5.80. The molecule has 1 aliphatic rings. The van der Waals surface area contributed by atoms with E-state index in [1.807, 2.05) is 24.3 Å². The minimum absolute atomic E-state index is 0.702. The molecule has 1 saturated heterocycles. The van der Waals surface area contributed by atoms with Gasteiger partial charge in [0, 0.05) is 18.5 Å². The van der Waals surface area contributed by atoms with Crippen LogP contribution in [-0.2, 0) is 0 Å². The van der Waals surface area contributed by atoms with Crippen molar-refractivity contribution in [2.24, 2.45) is 0 Å². The third kappa shape index (κ3) is 4.57. The molecule has 3 nitrogen and oxygen atoms in total. The molecule has 1 aromatic rings. The Hall–Kier alpha value is -0.930. The van der Waals surface area contributed by atoms with Crippen LogP contribution in [0.4, 0.5) is 0 Å². The maximum Gasteiger partial charge on any atom is 0.119 e. The lowest BCUT2D eigenvalue weighted by atomic mass is 10.1. The molecule has 0 saturated carbocycles. The van der Waals surface area contributed by atoms with Crippen molar-refractivity contribution >= 4 is 11.6 Å². The smallest absolute Gasteiger partial charge is 0.119 e. The highest BCUT2D eigenvalue weighted by atomic mass is 35.5. The maximum absolute atomic E-state index is 5.80. The van der Waals surface area contributed by atoms with Gasteiger partial charge in [0.05, 0.1) is 7.11 Å². The van der Waals surface area contributed by atoms with Crippen LogP contribution >= 0.6 is 11.6 Å². The Morgan fingerprint density at radius 3 is 2.70 bits per heavy atom. The monoisotopic (exact) mass is 297 g/mol. The Balaban J connectivity index is 1.71. The second-order valence-corrected chi connectivity index (χ2v) is 5.57. The molecule has 112 valence electrons. The fourth-order valence-electron chi connectivity index (χ4n) is 2.78. The highest BCUT2D eigenvalue weighted by Gasteiger charge is 2.23. The Morgan fingerprint density at radius 1 is 1.25 bits per heavy atom. The number of methoxy groups -OCH3 is 1. The topological polar surface area (TPSA) is 21.7 Å². The number of alkyl halides is 1. The largest absolute Gasteiger partial charge is 0.497 e. The predicted molar refractivity (Wildman–Crippen MR) is 83.0 cm³/mol. The fourth-order valence-corrected chi connectivity index (χ4v) is 2.94. The summed E-state index contributed by atoms with van der Waals surface area (Å²) in [6.07, 6.45) is 4.93. The molecule has 0 amide bonds. The van der Waals surface area contributed by atoms with Crippen LogP contribution in [0.15, 0.2) is 24.3 Å². The number of hydrogen-bond donors (Lipinski definition) is 0. The first-order chi connectivity index (χ1) is 9.83. The minimum atomic E-state index is 0.702. The molecule has 1 atom stereocenters. The summed E-state index contributed by atoms with van der Waals surface area (Å²) in [5.41, 5.74) is 0. The van der Waals surface area contributed by atoms with E-state index in [-0.39, 0.29) is 0 Å². The molecule has 1 heterocycles. The molecule has 0 radical (unpaired) electrons. The van der Waals surface area contributed by atoms with E-state index in [0.29, 0.717) is 6.04 Å². The summed E-state index contributed by atoms with van der Waals surface area (Å²) in [5, 5.41) is 0. The predicted octanol–water partition coefficient (Wildman–Crippen LogP) is 3.56. The van der Waals surface area contributed by atoms with E-state index >= 15 is 0 Å². The molecule has 1 fully saturated rings. The average molecular weight is 298 g/mol.